The van der Waals surface area contributed by atoms with Gasteiger partial charge in [0.1, 0.15) is 0 Å². The average Bonchev–Trinajstić information content (AvgIpc) is 2.38. The van der Waals surface area contributed by atoms with E-state index in [2.05, 4.69) is 56.0 Å². The molecule has 0 amide bonds. The molecule has 1 aromatic heterocycles. The maximum atomic E-state index is 4.27. The SMILES string of the molecule is CCC(C)CN(C)c1cnccc1CNCC(C)C. The molecule has 19 heavy (non-hydrogen) atoms. The van der Waals surface area contributed by atoms with E-state index < -0.39 is 0 Å². The second kappa shape index (κ2) is 8.16. The lowest BCUT2D eigenvalue weighted by Crippen LogP contribution is -2.26. The van der Waals surface area contributed by atoms with E-state index in [0.29, 0.717) is 11.8 Å². The van der Waals surface area contributed by atoms with Crippen molar-refractivity contribution in [3.05, 3.63) is 24.0 Å². The highest BCUT2D eigenvalue weighted by Crippen LogP contribution is 2.19. The summed E-state index contributed by atoms with van der Waals surface area (Å²) in [6, 6.07) is 2.12. The number of rotatable bonds is 8. The Bertz CT molecular complexity index is 363. The highest BCUT2D eigenvalue weighted by molar-refractivity contribution is 5.51. The molecule has 0 fully saturated rings. The molecule has 0 aliphatic rings. The second-order valence-electron chi connectivity index (χ2n) is 5.92. The molecule has 108 valence electrons. The van der Waals surface area contributed by atoms with Crippen molar-refractivity contribution in [2.24, 2.45) is 11.8 Å². The number of hydrogen-bond donors (Lipinski definition) is 1. The van der Waals surface area contributed by atoms with E-state index >= 15 is 0 Å². The monoisotopic (exact) mass is 263 g/mol. The van der Waals surface area contributed by atoms with Gasteiger partial charge in [-0.05, 0) is 30.0 Å². The maximum Gasteiger partial charge on any atom is 0.0595 e. The summed E-state index contributed by atoms with van der Waals surface area (Å²) in [6.45, 7) is 12.1. The Morgan fingerprint density at radius 3 is 2.68 bits per heavy atom. The molecule has 1 rings (SSSR count). The molecule has 1 N–H and O–H groups in total. The van der Waals surface area contributed by atoms with E-state index in [9.17, 15) is 0 Å². The minimum Gasteiger partial charge on any atom is -0.373 e. The Hall–Kier alpha value is -1.09. The zero-order valence-electron chi connectivity index (χ0n) is 13.1. The Kier molecular flexibility index (Phi) is 6.85. The maximum absolute atomic E-state index is 4.27. The van der Waals surface area contributed by atoms with Crippen LogP contribution >= 0.6 is 0 Å². The predicted molar refractivity (Wildman–Crippen MR) is 83.5 cm³/mol. The van der Waals surface area contributed by atoms with E-state index in [1.807, 2.05) is 12.4 Å². The van der Waals surface area contributed by atoms with Gasteiger partial charge in [0, 0.05) is 26.3 Å². The highest BCUT2D eigenvalue weighted by Gasteiger charge is 2.10. The highest BCUT2D eigenvalue weighted by atomic mass is 15.1. The molecule has 1 atom stereocenters. The lowest BCUT2D eigenvalue weighted by molar-refractivity contribution is 0.546. The lowest BCUT2D eigenvalue weighted by Gasteiger charge is -2.25. The zero-order valence-corrected chi connectivity index (χ0v) is 13.1. The molecule has 0 radical (unpaired) electrons. The molecule has 3 heteroatoms. The molecule has 0 saturated heterocycles. The van der Waals surface area contributed by atoms with Crippen LogP contribution in [0.4, 0.5) is 5.69 Å². The van der Waals surface area contributed by atoms with Gasteiger partial charge in [0.15, 0.2) is 0 Å². The summed E-state index contributed by atoms with van der Waals surface area (Å²) in [6.07, 6.45) is 5.08. The number of aromatic nitrogens is 1. The molecular weight excluding hydrogens is 234 g/mol. The van der Waals surface area contributed by atoms with Crippen LogP contribution in [-0.2, 0) is 6.54 Å². The van der Waals surface area contributed by atoms with Crippen molar-refractivity contribution < 1.29 is 0 Å². The van der Waals surface area contributed by atoms with Gasteiger partial charge in [-0.1, -0.05) is 34.1 Å². The first-order valence-electron chi connectivity index (χ1n) is 7.39. The molecule has 1 unspecified atom stereocenters. The molecule has 0 aromatic carbocycles. The van der Waals surface area contributed by atoms with Crippen LogP contribution in [0.25, 0.3) is 0 Å². The Morgan fingerprint density at radius 1 is 1.32 bits per heavy atom. The number of anilines is 1. The lowest BCUT2D eigenvalue weighted by atomic mass is 10.1. The van der Waals surface area contributed by atoms with Crippen molar-refractivity contribution in [3.8, 4) is 0 Å². The van der Waals surface area contributed by atoms with Crippen LogP contribution in [0.3, 0.4) is 0 Å². The number of nitrogens with zero attached hydrogens (tertiary/aromatic N) is 2. The average molecular weight is 263 g/mol. The van der Waals surface area contributed by atoms with Crippen molar-refractivity contribution in [2.75, 3.05) is 25.0 Å². The van der Waals surface area contributed by atoms with Crippen molar-refractivity contribution in [3.63, 3.8) is 0 Å². The van der Waals surface area contributed by atoms with Gasteiger partial charge >= 0.3 is 0 Å². The summed E-state index contributed by atoms with van der Waals surface area (Å²) in [5, 5.41) is 3.51. The quantitative estimate of drug-likeness (QED) is 0.780. The number of pyridine rings is 1. The molecule has 0 bridgehead atoms. The minimum atomic E-state index is 0.683. The summed E-state index contributed by atoms with van der Waals surface area (Å²) in [5.74, 6) is 1.39. The molecule has 3 nitrogen and oxygen atoms in total. The second-order valence-corrected chi connectivity index (χ2v) is 5.92. The van der Waals surface area contributed by atoms with Crippen LogP contribution in [-0.4, -0.2) is 25.1 Å². The van der Waals surface area contributed by atoms with Crippen LogP contribution < -0.4 is 10.2 Å². The molecule has 0 saturated carbocycles. The fourth-order valence-electron chi connectivity index (χ4n) is 2.10. The topological polar surface area (TPSA) is 28.2 Å². The van der Waals surface area contributed by atoms with Gasteiger partial charge in [-0.25, -0.2) is 0 Å². The van der Waals surface area contributed by atoms with Gasteiger partial charge in [-0.15, -0.1) is 0 Å². The van der Waals surface area contributed by atoms with Gasteiger partial charge in [-0.2, -0.15) is 0 Å². The summed E-state index contributed by atoms with van der Waals surface area (Å²) in [7, 11) is 2.16. The van der Waals surface area contributed by atoms with Crippen LogP contribution in [0.1, 0.15) is 39.7 Å². The summed E-state index contributed by atoms with van der Waals surface area (Å²) >= 11 is 0. The van der Waals surface area contributed by atoms with Crippen molar-refractivity contribution in [1.82, 2.24) is 10.3 Å². The third-order valence-corrected chi connectivity index (χ3v) is 3.45. The normalized spacial score (nSPS) is 12.7. The van der Waals surface area contributed by atoms with E-state index in [1.165, 1.54) is 17.7 Å². The molecule has 0 aliphatic carbocycles. The van der Waals surface area contributed by atoms with E-state index in [1.54, 1.807) is 0 Å². The smallest absolute Gasteiger partial charge is 0.0595 e. The number of nitrogens with one attached hydrogen (secondary N) is 1. The molecule has 0 aliphatic heterocycles. The largest absolute Gasteiger partial charge is 0.373 e. The van der Waals surface area contributed by atoms with Crippen molar-refractivity contribution >= 4 is 5.69 Å². The molecule has 1 aromatic rings. The fourth-order valence-corrected chi connectivity index (χ4v) is 2.10. The molecular formula is C16H29N3. The minimum absolute atomic E-state index is 0.683. The van der Waals surface area contributed by atoms with Crippen molar-refractivity contribution in [2.45, 2.75) is 40.7 Å². The Labute approximate surface area is 118 Å². The van der Waals surface area contributed by atoms with Gasteiger partial charge in [-0.3, -0.25) is 4.98 Å². The summed E-state index contributed by atoms with van der Waals surface area (Å²) < 4.78 is 0. The first kappa shape index (κ1) is 16.0. The van der Waals surface area contributed by atoms with Gasteiger partial charge in [0.25, 0.3) is 0 Å². The van der Waals surface area contributed by atoms with E-state index in [0.717, 1.165) is 19.6 Å². The van der Waals surface area contributed by atoms with Crippen LogP contribution in [0.15, 0.2) is 18.5 Å². The van der Waals surface area contributed by atoms with Gasteiger partial charge in [0.2, 0.25) is 0 Å². The standard InChI is InChI=1S/C16H29N3/c1-6-14(4)12-19(5)16-11-17-8-7-15(16)10-18-9-13(2)3/h7-8,11,13-14,18H,6,9-10,12H2,1-5H3. The van der Waals surface area contributed by atoms with E-state index in [-0.39, 0.29) is 0 Å². The van der Waals surface area contributed by atoms with Crippen LogP contribution in [0.5, 0.6) is 0 Å². The first-order valence-corrected chi connectivity index (χ1v) is 7.39. The van der Waals surface area contributed by atoms with Crippen LogP contribution in [0, 0.1) is 11.8 Å². The summed E-state index contributed by atoms with van der Waals surface area (Å²) in [4.78, 5) is 6.60. The van der Waals surface area contributed by atoms with Gasteiger partial charge < -0.3 is 10.2 Å². The number of hydrogen-bond acceptors (Lipinski definition) is 3. The van der Waals surface area contributed by atoms with Crippen molar-refractivity contribution in [1.29, 1.82) is 0 Å². The zero-order chi connectivity index (χ0) is 14.3. The van der Waals surface area contributed by atoms with E-state index in [4.69, 9.17) is 0 Å². The third kappa shape index (κ3) is 5.60. The Morgan fingerprint density at radius 2 is 2.05 bits per heavy atom. The fraction of sp³-hybridized carbons (Fsp3) is 0.688. The van der Waals surface area contributed by atoms with Crippen LogP contribution in [0.2, 0.25) is 0 Å². The Balaban J connectivity index is 2.66. The third-order valence-electron chi connectivity index (χ3n) is 3.45. The molecule has 1 heterocycles. The first-order chi connectivity index (χ1) is 9.04. The predicted octanol–water partition coefficient (Wildman–Crippen LogP) is 3.31. The molecule has 0 spiro atoms. The van der Waals surface area contributed by atoms with Gasteiger partial charge in [0.05, 0.1) is 11.9 Å². The summed E-state index contributed by atoms with van der Waals surface area (Å²) in [5.41, 5.74) is 2.58.